The van der Waals surface area contributed by atoms with Crippen molar-refractivity contribution >= 4 is 65.3 Å². The summed E-state index contributed by atoms with van der Waals surface area (Å²) < 4.78 is 0. The number of hydrogen-bond donors (Lipinski definition) is 1. The molecule has 4 nitrogen and oxygen atoms in total. The van der Waals surface area contributed by atoms with Gasteiger partial charge >= 0.3 is 0 Å². The van der Waals surface area contributed by atoms with E-state index in [0.29, 0.717) is 21.8 Å². The molecule has 26 heavy (non-hydrogen) atoms. The molecule has 3 heterocycles. The summed E-state index contributed by atoms with van der Waals surface area (Å²) in [5.74, 6) is 0.0405. The third-order valence-corrected chi connectivity index (χ3v) is 6.20. The van der Waals surface area contributed by atoms with E-state index < -0.39 is 0 Å². The Bertz CT molecular complexity index is 771. The van der Waals surface area contributed by atoms with Crippen LogP contribution < -0.4 is 5.32 Å². The first-order chi connectivity index (χ1) is 11.6. The van der Waals surface area contributed by atoms with E-state index in [1.165, 1.54) is 11.3 Å². The number of nitrogens with one attached hydrogen (secondary N) is 1. The highest BCUT2D eigenvalue weighted by Crippen LogP contribution is 2.34. The van der Waals surface area contributed by atoms with Gasteiger partial charge < -0.3 is 10.2 Å². The zero-order chi connectivity index (χ0) is 16.7. The van der Waals surface area contributed by atoms with Gasteiger partial charge in [0.25, 0.3) is 5.91 Å². The van der Waals surface area contributed by atoms with Crippen LogP contribution >= 0.6 is 59.4 Å². The Morgan fingerprint density at radius 2 is 1.96 bits per heavy atom. The van der Waals surface area contributed by atoms with Gasteiger partial charge in [-0.1, -0.05) is 23.2 Å². The van der Waals surface area contributed by atoms with Gasteiger partial charge in [0, 0.05) is 34.6 Å². The van der Waals surface area contributed by atoms with E-state index in [9.17, 15) is 4.79 Å². The Labute approximate surface area is 179 Å². The number of nitrogens with zero attached hydrogens (tertiary/aromatic N) is 2. The lowest BCUT2D eigenvalue weighted by Gasteiger charge is -2.27. The molecule has 1 N–H and O–H groups in total. The molecule has 2 atom stereocenters. The van der Waals surface area contributed by atoms with Crippen LogP contribution in [0, 0.1) is 0 Å². The van der Waals surface area contributed by atoms with Crippen LogP contribution in [0.15, 0.2) is 23.6 Å². The second-order valence-electron chi connectivity index (χ2n) is 6.25. The highest BCUT2D eigenvalue weighted by Gasteiger charge is 2.39. The second kappa shape index (κ2) is 9.09. The van der Waals surface area contributed by atoms with E-state index >= 15 is 0 Å². The first kappa shape index (κ1) is 21.7. The molecule has 2 aromatic rings. The maximum atomic E-state index is 13.0. The van der Waals surface area contributed by atoms with Gasteiger partial charge in [-0.05, 0) is 44.0 Å². The Morgan fingerprint density at radius 1 is 1.19 bits per heavy atom. The average molecular weight is 455 g/mol. The lowest BCUT2D eigenvalue weighted by Crippen LogP contribution is -2.42. The van der Waals surface area contributed by atoms with Crippen molar-refractivity contribution in [3.63, 3.8) is 0 Å². The Kier molecular flexibility index (Phi) is 7.60. The van der Waals surface area contributed by atoms with E-state index in [1.807, 2.05) is 16.3 Å². The molecule has 0 spiro atoms. The van der Waals surface area contributed by atoms with Gasteiger partial charge in [0.1, 0.15) is 10.7 Å². The highest BCUT2D eigenvalue weighted by molar-refractivity contribution is 7.13. The van der Waals surface area contributed by atoms with Crippen LogP contribution in [0.5, 0.6) is 0 Å². The third kappa shape index (κ3) is 4.13. The minimum atomic E-state index is 0. The summed E-state index contributed by atoms with van der Waals surface area (Å²) in [7, 11) is 0. The van der Waals surface area contributed by atoms with Crippen molar-refractivity contribution in [2.45, 2.75) is 31.3 Å². The molecule has 2 aliphatic heterocycles. The van der Waals surface area contributed by atoms with Gasteiger partial charge in [-0.2, -0.15) is 0 Å². The smallest absolute Gasteiger partial charge is 0.273 e. The minimum Gasteiger partial charge on any atom is -0.330 e. The molecule has 9 heteroatoms. The summed E-state index contributed by atoms with van der Waals surface area (Å²) in [5.41, 5.74) is 1.32. The summed E-state index contributed by atoms with van der Waals surface area (Å²) in [6.07, 6.45) is 3.18. The van der Waals surface area contributed by atoms with Crippen LogP contribution in [0.4, 0.5) is 0 Å². The van der Waals surface area contributed by atoms with Crippen LogP contribution in [0.2, 0.25) is 10.0 Å². The molecule has 1 aromatic heterocycles. The summed E-state index contributed by atoms with van der Waals surface area (Å²) in [6, 6.07) is 5.95. The standard InChI is InChI=1S/C17H17Cl2N3OS.2ClH/c18-10-1-4-13(14(19)7-10)16-21-15(9-24-16)17(23)22-11-2-3-12(22)8-20-6-5-11;;/h1,4,7,9,11-12,20H,2-3,5-6,8H2;2*1H. The summed E-state index contributed by atoms with van der Waals surface area (Å²) in [4.78, 5) is 19.6. The van der Waals surface area contributed by atoms with Gasteiger partial charge in [0.05, 0.1) is 5.02 Å². The number of aromatic nitrogens is 1. The molecule has 2 unspecified atom stereocenters. The van der Waals surface area contributed by atoms with Crippen LogP contribution in [-0.2, 0) is 0 Å². The first-order valence-electron chi connectivity index (χ1n) is 8.08. The zero-order valence-electron chi connectivity index (χ0n) is 13.8. The molecule has 2 bridgehead atoms. The largest absolute Gasteiger partial charge is 0.330 e. The number of fused-ring (bicyclic) bond motifs is 2. The van der Waals surface area contributed by atoms with Crippen molar-refractivity contribution in [1.82, 2.24) is 15.2 Å². The maximum absolute atomic E-state index is 13.0. The molecule has 0 aliphatic carbocycles. The molecule has 2 fully saturated rings. The number of benzene rings is 1. The van der Waals surface area contributed by atoms with Crippen molar-refractivity contribution in [3.8, 4) is 10.6 Å². The van der Waals surface area contributed by atoms with E-state index in [2.05, 4.69) is 10.3 Å². The number of rotatable bonds is 2. The minimum absolute atomic E-state index is 0. The van der Waals surface area contributed by atoms with Gasteiger partial charge in [0.15, 0.2) is 0 Å². The number of halogens is 4. The van der Waals surface area contributed by atoms with E-state index in [4.69, 9.17) is 23.2 Å². The fourth-order valence-electron chi connectivity index (χ4n) is 3.60. The van der Waals surface area contributed by atoms with Crippen LogP contribution in [0.1, 0.15) is 29.8 Å². The summed E-state index contributed by atoms with van der Waals surface area (Å²) in [6.45, 7) is 1.86. The molecule has 4 rings (SSSR count). The lowest BCUT2D eigenvalue weighted by molar-refractivity contribution is 0.0675. The topological polar surface area (TPSA) is 45.2 Å². The molecule has 142 valence electrons. The van der Waals surface area contributed by atoms with Crippen molar-refractivity contribution in [2.75, 3.05) is 13.1 Å². The fourth-order valence-corrected chi connectivity index (χ4v) is 4.99. The third-order valence-electron chi connectivity index (χ3n) is 4.77. The highest BCUT2D eigenvalue weighted by atomic mass is 35.5. The summed E-state index contributed by atoms with van der Waals surface area (Å²) >= 11 is 13.6. The number of amides is 1. The van der Waals surface area contributed by atoms with Crippen LogP contribution in [0.3, 0.4) is 0 Å². The number of carbonyl (C=O) groups is 1. The molecular weight excluding hydrogens is 436 g/mol. The average Bonchev–Trinajstić information content (AvgIpc) is 3.10. The molecule has 1 aromatic carbocycles. The number of hydrogen-bond acceptors (Lipinski definition) is 4. The molecule has 1 amide bonds. The van der Waals surface area contributed by atoms with Crippen molar-refractivity contribution < 1.29 is 4.79 Å². The van der Waals surface area contributed by atoms with Gasteiger partial charge in [0.2, 0.25) is 0 Å². The second-order valence-corrected chi connectivity index (χ2v) is 7.95. The molecule has 2 aliphatic rings. The SMILES string of the molecule is Cl.Cl.O=C(c1csc(-c2ccc(Cl)cc2Cl)n1)N1C2CCNCC1CC2. The summed E-state index contributed by atoms with van der Waals surface area (Å²) in [5, 5.41) is 7.14. The predicted octanol–water partition coefficient (Wildman–Crippen LogP) is 4.93. The number of thiazole rings is 1. The molecule has 0 radical (unpaired) electrons. The quantitative estimate of drug-likeness (QED) is 0.699. The normalized spacial score (nSPS) is 21.5. The molecule has 0 saturated carbocycles. The predicted molar refractivity (Wildman–Crippen MR) is 113 cm³/mol. The van der Waals surface area contributed by atoms with Crippen LogP contribution in [0.25, 0.3) is 10.6 Å². The first-order valence-corrected chi connectivity index (χ1v) is 9.71. The van der Waals surface area contributed by atoms with Crippen molar-refractivity contribution in [1.29, 1.82) is 0 Å². The lowest BCUT2D eigenvalue weighted by atomic mass is 10.1. The van der Waals surface area contributed by atoms with E-state index in [1.54, 1.807) is 12.1 Å². The fraction of sp³-hybridized carbons (Fsp3) is 0.412. The van der Waals surface area contributed by atoms with E-state index in [-0.39, 0.29) is 36.8 Å². The molecule has 2 saturated heterocycles. The maximum Gasteiger partial charge on any atom is 0.273 e. The van der Waals surface area contributed by atoms with Crippen molar-refractivity contribution in [2.24, 2.45) is 0 Å². The Morgan fingerprint density at radius 3 is 2.73 bits per heavy atom. The monoisotopic (exact) mass is 453 g/mol. The van der Waals surface area contributed by atoms with Crippen LogP contribution in [-0.4, -0.2) is 41.0 Å². The van der Waals surface area contributed by atoms with Gasteiger partial charge in [-0.3, -0.25) is 4.79 Å². The van der Waals surface area contributed by atoms with Gasteiger partial charge in [-0.25, -0.2) is 4.98 Å². The van der Waals surface area contributed by atoms with E-state index in [0.717, 1.165) is 42.9 Å². The van der Waals surface area contributed by atoms with Gasteiger partial charge in [-0.15, -0.1) is 36.2 Å². The zero-order valence-corrected chi connectivity index (χ0v) is 17.7. The molecular formula is C17H19Cl4N3OS. The number of carbonyl (C=O) groups excluding carboxylic acids is 1. The Hall–Kier alpha value is -0.560. The van der Waals surface area contributed by atoms with Crippen molar-refractivity contribution in [3.05, 3.63) is 39.3 Å². The Balaban J connectivity index is 0.00000121.